The second-order valence-electron chi connectivity index (χ2n) is 6.41. The maximum atomic E-state index is 11.6. The number of benzene rings is 1. The van der Waals surface area contributed by atoms with Gasteiger partial charge in [0.1, 0.15) is 11.4 Å². The van der Waals surface area contributed by atoms with E-state index in [0.717, 1.165) is 11.4 Å². The largest absolute Gasteiger partial charge is 0.497 e. The van der Waals surface area contributed by atoms with Crippen LogP contribution in [0.2, 0.25) is 0 Å². The first kappa shape index (κ1) is 16.8. The Morgan fingerprint density at radius 3 is 2.77 bits per heavy atom. The van der Waals surface area contributed by atoms with Crippen molar-refractivity contribution in [1.82, 2.24) is 24.5 Å². The van der Waals surface area contributed by atoms with Gasteiger partial charge in [-0.2, -0.15) is 0 Å². The molecule has 0 saturated carbocycles. The summed E-state index contributed by atoms with van der Waals surface area (Å²) < 4.78 is 32.0. The van der Waals surface area contributed by atoms with Gasteiger partial charge in [0.25, 0.3) is 0 Å². The smallest absolute Gasteiger partial charge is 0.166 e. The van der Waals surface area contributed by atoms with Crippen LogP contribution < -0.4 is 4.74 Å². The number of sulfone groups is 1. The van der Waals surface area contributed by atoms with Gasteiger partial charge in [-0.3, -0.25) is 9.25 Å². The second-order valence-corrected chi connectivity index (χ2v) is 8.64. The van der Waals surface area contributed by atoms with Crippen LogP contribution in [-0.4, -0.2) is 51.6 Å². The molecular weight excluding hydrogens is 354 g/mol. The number of nitrogens with zero attached hydrogens (tertiary/aromatic N) is 5. The van der Waals surface area contributed by atoms with Crippen LogP contribution in [0.15, 0.2) is 42.9 Å². The number of rotatable bonds is 5. The zero-order chi connectivity index (χ0) is 18.1. The fourth-order valence-electron chi connectivity index (χ4n) is 3.21. The van der Waals surface area contributed by atoms with Crippen LogP contribution >= 0.6 is 0 Å². The van der Waals surface area contributed by atoms with Gasteiger partial charge in [-0.15, -0.1) is 5.10 Å². The van der Waals surface area contributed by atoms with Crippen molar-refractivity contribution >= 4 is 9.84 Å². The van der Waals surface area contributed by atoms with E-state index in [9.17, 15) is 8.42 Å². The van der Waals surface area contributed by atoms with Crippen LogP contribution in [0.25, 0.3) is 17.2 Å². The Morgan fingerprint density at radius 2 is 2.08 bits per heavy atom. The summed E-state index contributed by atoms with van der Waals surface area (Å²) in [7, 11) is -1.26. The monoisotopic (exact) mass is 373 g/mol. The molecule has 1 saturated heterocycles. The van der Waals surface area contributed by atoms with Crippen LogP contribution in [0.4, 0.5) is 0 Å². The molecule has 26 heavy (non-hydrogen) atoms. The zero-order valence-corrected chi connectivity index (χ0v) is 15.1. The fourth-order valence-corrected chi connectivity index (χ4v) is 5.06. The first-order chi connectivity index (χ1) is 12.5. The maximum Gasteiger partial charge on any atom is 0.166 e. The Hall–Kier alpha value is -2.68. The van der Waals surface area contributed by atoms with Gasteiger partial charge in [-0.1, -0.05) is 5.21 Å². The molecule has 1 aliphatic heterocycles. The SMILES string of the molecule is COc1ccc(-n2ccnc2-c2cn(C[C@H]3CCS(=O)(=O)C3)nn2)cc1. The fraction of sp³-hybridized carbons (Fsp3) is 0.353. The van der Waals surface area contributed by atoms with Crippen molar-refractivity contribution in [2.75, 3.05) is 18.6 Å². The molecule has 1 aliphatic rings. The van der Waals surface area contributed by atoms with Crippen molar-refractivity contribution < 1.29 is 13.2 Å². The van der Waals surface area contributed by atoms with E-state index in [0.29, 0.717) is 24.5 Å². The number of ether oxygens (including phenoxy) is 1. The lowest BCUT2D eigenvalue weighted by Crippen LogP contribution is -2.12. The van der Waals surface area contributed by atoms with Crippen LogP contribution in [0.5, 0.6) is 5.75 Å². The van der Waals surface area contributed by atoms with Crippen LogP contribution in [0.3, 0.4) is 0 Å². The summed E-state index contributed by atoms with van der Waals surface area (Å²) in [5.74, 6) is 2.05. The van der Waals surface area contributed by atoms with Crippen LogP contribution in [0.1, 0.15) is 6.42 Å². The summed E-state index contributed by atoms with van der Waals surface area (Å²) in [5.41, 5.74) is 1.58. The molecule has 0 spiro atoms. The van der Waals surface area contributed by atoms with Crippen molar-refractivity contribution in [2.24, 2.45) is 5.92 Å². The van der Waals surface area contributed by atoms with Gasteiger partial charge in [0.05, 0.1) is 24.8 Å². The number of imidazole rings is 1. The van der Waals surface area contributed by atoms with Gasteiger partial charge in [0, 0.05) is 24.6 Å². The van der Waals surface area contributed by atoms with E-state index in [1.807, 2.05) is 41.2 Å². The number of aromatic nitrogens is 5. The third-order valence-corrected chi connectivity index (χ3v) is 6.37. The van der Waals surface area contributed by atoms with Crippen molar-refractivity contribution in [3.05, 3.63) is 42.9 Å². The Balaban J connectivity index is 1.56. The first-order valence-electron chi connectivity index (χ1n) is 8.33. The lowest BCUT2D eigenvalue weighted by molar-refractivity contribution is 0.415. The Labute approximate surface area is 151 Å². The molecular formula is C17H19N5O3S. The normalized spacial score (nSPS) is 18.9. The summed E-state index contributed by atoms with van der Waals surface area (Å²) in [4.78, 5) is 4.39. The lowest BCUT2D eigenvalue weighted by atomic mass is 10.1. The molecule has 0 bridgehead atoms. The Kier molecular flexibility index (Phi) is 4.23. The standard InChI is InChI=1S/C17H19N5O3S/c1-25-15-4-2-14(3-5-15)22-8-7-18-17(22)16-11-21(20-19-16)10-13-6-9-26(23,24)12-13/h2-5,7-8,11,13H,6,9-10,12H2,1H3/t13-/m1/s1. The third kappa shape index (κ3) is 3.34. The van der Waals surface area contributed by atoms with E-state index in [2.05, 4.69) is 15.3 Å². The maximum absolute atomic E-state index is 11.6. The number of hydrogen-bond donors (Lipinski definition) is 0. The van der Waals surface area contributed by atoms with E-state index in [-0.39, 0.29) is 17.4 Å². The van der Waals surface area contributed by atoms with Crippen molar-refractivity contribution in [2.45, 2.75) is 13.0 Å². The van der Waals surface area contributed by atoms with E-state index < -0.39 is 9.84 Å². The highest BCUT2D eigenvalue weighted by molar-refractivity contribution is 7.91. The molecule has 1 aromatic carbocycles. The highest BCUT2D eigenvalue weighted by Crippen LogP contribution is 2.23. The van der Waals surface area contributed by atoms with E-state index in [4.69, 9.17) is 4.74 Å². The minimum Gasteiger partial charge on any atom is -0.497 e. The number of hydrogen-bond acceptors (Lipinski definition) is 6. The molecule has 0 aliphatic carbocycles. The Morgan fingerprint density at radius 1 is 1.27 bits per heavy atom. The molecule has 1 fully saturated rings. The highest BCUT2D eigenvalue weighted by Gasteiger charge is 2.28. The topological polar surface area (TPSA) is 91.9 Å². The molecule has 1 atom stereocenters. The van der Waals surface area contributed by atoms with E-state index in [1.54, 1.807) is 18.0 Å². The third-order valence-electron chi connectivity index (χ3n) is 4.53. The molecule has 0 radical (unpaired) electrons. The van der Waals surface area contributed by atoms with Gasteiger partial charge in [-0.25, -0.2) is 13.4 Å². The van der Waals surface area contributed by atoms with Crippen LogP contribution in [-0.2, 0) is 16.4 Å². The highest BCUT2D eigenvalue weighted by atomic mass is 32.2. The van der Waals surface area contributed by atoms with E-state index in [1.165, 1.54) is 0 Å². The summed E-state index contributed by atoms with van der Waals surface area (Å²) in [6.07, 6.45) is 6.06. The minimum atomic E-state index is -2.89. The molecule has 0 unspecified atom stereocenters. The average Bonchev–Trinajstić information content (AvgIpc) is 3.35. The van der Waals surface area contributed by atoms with Crippen molar-refractivity contribution in [1.29, 1.82) is 0 Å². The van der Waals surface area contributed by atoms with Gasteiger partial charge in [-0.05, 0) is 36.6 Å². The van der Waals surface area contributed by atoms with Gasteiger partial charge in [0.15, 0.2) is 15.7 Å². The molecule has 3 heterocycles. The molecule has 2 aromatic heterocycles. The average molecular weight is 373 g/mol. The molecule has 4 rings (SSSR count). The summed E-state index contributed by atoms with van der Waals surface area (Å²) in [6.45, 7) is 0.551. The van der Waals surface area contributed by atoms with Gasteiger partial charge < -0.3 is 4.74 Å². The molecule has 9 heteroatoms. The van der Waals surface area contributed by atoms with Gasteiger partial charge in [0.2, 0.25) is 0 Å². The molecule has 136 valence electrons. The molecule has 3 aromatic rings. The lowest BCUT2D eigenvalue weighted by Gasteiger charge is -2.07. The first-order valence-corrected chi connectivity index (χ1v) is 10.1. The predicted molar refractivity (Wildman–Crippen MR) is 95.9 cm³/mol. The minimum absolute atomic E-state index is 0.0934. The summed E-state index contributed by atoms with van der Waals surface area (Å²) >= 11 is 0. The summed E-state index contributed by atoms with van der Waals surface area (Å²) in [6, 6.07) is 7.66. The second kappa shape index (κ2) is 6.56. The number of methoxy groups -OCH3 is 1. The molecule has 0 amide bonds. The Bertz CT molecular complexity index is 1010. The molecule has 0 N–H and O–H groups in total. The van der Waals surface area contributed by atoms with Crippen molar-refractivity contribution in [3.63, 3.8) is 0 Å². The van der Waals surface area contributed by atoms with E-state index >= 15 is 0 Å². The van der Waals surface area contributed by atoms with Crippen molar-refractivity contribution in [3.8, 4) is 23.0 Å². The molecule has 8 nitrogen and oxygen atoms in total. The predicted octanol–water partition coefficient (Wildman–Crippen LogP) is 1.57. The van der Waals surface area contributed by atoms with Gasteiger partial charge >= 0.3 is 0 Å². The quantitative estimate of drug-likeness (QED) is 0.674. The zero-order valence-electron chi connectivity index (χ0n) is 14.3. The summed E-state index contributed by atoms with van der Waals surface area (Å²) in [5, 5.41) is 8.36. The van der Waals surface area contributed by atoms with Crippen LogP contribution in [0, 0.1) is 5.92 Å².